The van der Waals surface area contributed by atoms with Crippen LogP contribution in [0, 0.1) is 0 Å². The Morgan fingerprint density at radius 1 is 1.11 bits per heavy atom. The molecule has 0 amide bonds. The van der Waals surface area contributed by atoms with Gasteiger partial charge in [-0.2, -0.15) is 0 Å². The Kier molecular flexibility index (Phi) is 4.29. The van der Waals surface area contributed by atoms with Crippen molar-refractivity contribution in [3.8, 4) is 0 Å². The first-order valence-corrected chi connectivity index (χ1v) is 7.97. The third-order valence-electron chi connectivity index (χ3n) is 4.13. The minimum Gasteiger partial charge on any atom is -0.370 e. The molecule has 0 atom stereocenters. The molecule has 3 heteroatoms. The summed E-state index contributed by atoms with van der Waals surface area (Å²) in [7, 11) is 0. The summed E-state index contributed by atoms with van der Waals surface area (Å²) in [4.78, 5) is 2.45. The molecule has 104 valence electrons. The highest BCUT2D eigenvalue weighted by molar-refractivity contribution is 6.33. The second-order valence-corrected chi connectivity index (χ2v) is 6.25. The monoisotopic (exact) mass is 278 g/mol. The fourth-order valence-corrected chi connectivity index (χ4v) is 3.10. The van der Waals surface area contributed by atoms with Gasteiger partial charge >= 0.3 is 0 Å². The first kappa shape index (κ1) is 13.3. The van der Waals surface area contributed by atoms with Crippen molar-refractivity contribution in [2.45, 2.75) is 51.1 Å². The zero-order valence-corrected chi connectivity index (χ0v) is 12.3. The van der Waals surface area contributed by atoms with Gasteiger partial charge in [-0.25, -0.2) is 0 Å². The van der Waals surface area contributed by atoms with Crippen LogP contribution in [0.2, 0.25) is 5.02 Å². The molecular formula is C16H23ClN2. The fraction of sp³-hybridized carbons (Fsp3) is 0.625. The van der Waals surface area contributed by atoms with Crippen LogP contribution in [-0.2, 0) is 6.54 Å². The van der Waals surface area contributed by atoms with Crippen molar-refractivity contribution in [3.05, 3.63) is 28.8 Å². The molecule has 1 aliphatic carbocycles. The summed E-state index contributed by atoms with van der Waals surface area (Å²) < 4.78 is 0. The smallest absolute Gasteiger partial charge is 0.0642 e. The Labute approximate surface area is 121 Å². The first-order chi connectivity index (χ1) is 9.33. The molecule has 0 radical (unpaired) electrons. The molecule has 0 spiro atoms. The molecule has 2 aliphatic rings. The number of rotatable bonds is 4. The molecule has 1 N–H and O–H groups in total. The van der Waals surface area contributed by atoms with E-state index in [9.17, 15) is 0 Å². The molecule has 1 aromatic carbocycles. The quantitative estimate of drug-likeness (QED) is 0.896. The van der Waals surface area contributed by atoms with Gasteiger partial charge in [0.25, 0.3) is 0 Å². The molecule has 2 fully saturated rings. The minimum atomic E-state index is 0.754. The van der Waals surface area contributed by atoms with Crippen molar-refractivity contribution >= 4 is 17.3 Å². The lowest BCUT2D eigenvalue weighted by Crippen LogP contribution is -2.24. The Bertz CT molecular complexity index is 421. The standard InChI is InChI=1S/C16H23ClN2/c17-15-11-13(12-18-14-6-7-14)5-8-16(15)19-9-3-1-2-4-10-19/h5,8,11,14,18H,1-4,6-7,9-10,12H2. The third kappa shape index (κ3) is 3.64. The van der Waals surface area contributed by atoms with Crippen LogP contribution < -0.4 is 10.2 Å². The van der Waals surface area contributed by atoms with E-state index < -0.39 is 0 Å². The lowest BCUT2D eigenvalue weighted by atomic mass is 10.2. The van der Waals surface area contributed by atoms with E-state index >= 15 is 0 Å². The average molecular weight is 279 g/mol. The topological polar surface area (TPSA) is 15.3 Å². The van der Waals surface area contributed by atoms with E-state index in [1.54, 1.807) is 0 Å². The van der Waals surface area contributed by atoms with E-state index in [0.717, 1.165) is 30.7 Å². The van der Waals surface area contributed by atoms with Gasteiger partial charge in [0.15, 0.2) is 0 Å². The van der Waals surface area contributed by atoms with E-state index in [1.165, 1.54) is 49.8 Å². The van der Waals surface area contributed by atoms with Crippen LogP contribution in [0.4, 0.5) is 5.69 Å². The lowest BCUT2D eigenvalue weighted by Gasteiger charge is -2.24. The van der Waals surface area contributed by atoms with Gasteiger partial charge in [-0.15, -0.1) is 0 Å². The zero-order chi connectivity index (χ0) is 13.1. The van der Waals surface area contributed by atoms with Gasteiger partial charge < -0.3 is 10.2 Å². The fourth-order valence-electron chi connectivity index (χ4n) is 2.78. The summed E-state index contributed by atoms with van der Waals surface area (Å²) in [6, 6.07) is 7.32. The summed E-state index contributed by atoms with van der Waals surface area (Å²) in [6.45, 7) is 3.25. The van der Waals surface area contributed by atoms with Gasteiger partial charge in [-0.1, -0.05) is 30.5 Å². The van der Waals surface area contributed by atoms with Crippen LogP contribution >= 0.6 is 11.6 Å². The molecule has 1 heterocycles. The molecule has 0 bridgehead atoms. The van der Waals surface area contributed by atoms with E-state index in [4.69, 9.17) is 11.6 Å². The summed E-state index contributed by atoms with van der Waals surface area (Å²) >= 11 is 6.48. The molecule has 1 aliphatic heterocycles. The highest BCUT2D eigenvalue weighted by atomic mass is 35.5. The Morgan fingerprint density at radius 2 is 1.84 bits per heavy atom. The maximum absolute atomic E-state index is 6.48. The predicted molar refractivity (Wildman–Crippen MR) is 82.0 cm³/mol. The van der Waals surface area contributed by atoms with Crippen molar-refractivity contribution in [1.82, 2.24) is 5.32 Å². The van der Waals surface area contributed by atoms with Crippen LogP contribution in [0.15, 0.2) is 18.2 Å². The summed E-state index contributed by atoms with van der Waals surface area (Å²) in [5.41, 5.74) is 2.52. The van der Waals surface area contributed by atoms with E-state index in [0.29, 0.717) is 0 Å². The number of halogens is 1. The van der Waals surface area contributed by atoms with Crippen molar-refractivity contribution in [1.29, 1.82) is 0 Å². The van der Waals surface area contributed by atoms with Gasteiger partial charge in [-0.3, -0.25) is 0 Å². The molecule has 2 nitrogen and oxygen atoms in total. The molecule has 19 heavy (non-hydrogen) atoms. The van der Waals surface area contributed by atoms with E-state index in [1.807, 2.05) is 0 Å². The summed E-state index contributed by atoms with van der Waals surface area (Å²) in [6.07, 6.45) is 7.97. The van der Waals surface area contributed by atoms with Gasteiger partial charge in [-0.05, 0) is 43.4 Å². The molecule has 1 saturated heterocycles. The number of benzene rings is 1. The largest absolute Gasteiger partial charge is 0.370 e. The molecule has 0 aromatic heterocycles. The predicted octanol–water partition coefficient (Wildman–Crippen LogP) is 3.97. The number of nitrogens with zero attached hydrogens (tertiary/aromatic N) is 1. The number of nitrogens with one attached hydrogen (secondary N) is 1. The van der Waals surface area contributed by atoms with Crippen molar-refractivity contribution < 1.29 is 0 Å². The van der Waals surface area contributed by atoms with Gasteiger partial charge in [0.2, 0.25) is 0 Å². The highest BCUT2D eigenvalue weighted by Gasteiger charge is 2.20. The third-order valence-corrected chi connectivity index (χ3v) is 4.43. The second-order valence-electron chi connectivity index (χ2n) is 5.84. The Balaban J connectivity index is 1.66. The van der Waals surface area contributed by atoms with Crippen molar-refractivity contribution in [2.24, 2.45) is 0 Å². The van der Waals surface area contributed by atoms with E-state index in [2.05, 4.69) is 28.4 Å². The maximum atomic E-state index is 6.48. The Hall–Kier alpha value is -0.730. The van der Waals surface area contributed by atoms with Gasteiger partial charge in [0.1, 0.15) is 0 Å². The Morgan fingerprint density at radius 3 is 2.47 bits per heavy atom. The van der Waals surface area contributed by atoms with Gasteiger partial charge in [0, 0.05) is 25.7 Å². The number of anilines is 1. The van der Waals surface area contributed by atoms with E-state index in [-0.39, 0.29) is 0 Å². The highest BCUT2D eigenvalue weighted by Crippen LogP contribution is 2.29. The zero-order valence-electron chi connectivity index (χ0n) is 11.5. The summed E-state index contributed by atoms with van der Waals surface area (Å²) in [5, 5.41) is 4.45. The molecule has 1 aromatic rings. The van der Waals surface area contributed by atoms with Crippen LogP contribution in [0.25, 0.3) is 0 Å². The number of hydrogen-bond donors (Lipinski definition) is 1. The maximum Gasteiger partial charge on any atom is 0.0642 e. The molecule has 0 unspecified atom stereocenters. The normalized spacial score (nSPS) is 20.4. The van der Waals surface area contributed by atoms with Crippen LogP contribution in [0.3, 0.4) is 0 Å². The number of hydrogen-bond acceptors (Lipinski definition) is 2. The molecular weight excluding hydrogens is 256 g/mol. The molecule has 3 rings (SSSR count). The van der Waals surface area contributed by atoms with Crippen molar-refractivity contribution in [2.75, 3.05) is 18.0 Å². The average Bonchev–Trinajstić information content (AvgIpc) is 3.24. The lowest BCUT2D eigenvalue weighted by molar-refractivity contribution is 0.687. The van der Waals surface area contributed by atoms with Gasteiger partial charge in [0.05, 0.1) is 10.7 Å². The van der Waals surface area contributed by atoms with Crippen LogP contribution in [0.5, 0.6) is 0 Å². The SMILES string of the molecule is Clc1cc(CNC2CC2)ccc1N1CCCCCC1. The minimum absolute atomic E-state index is 0.754. The molecule has 1 saturated carbocycles. The van der Waals surface area contributed by atoms with Crippen LogP contribution in [-0.4, -0.2) is 19.1 Å². The first-order valence-electron chi connectivity index (χ1n) is 7.60. The van der Waals surface area contributed by atoms with Crippen LogP contribution in [0.1, 0.15) is 44.1 Å². The summed E-state index contributed by atoms with van der Waals surface area (Å²) in [5.74, 6) is 0. The second kappa shape index (κ2) is 6.15. The van der Waals surface area contributed by atoms with Crippen molar-refractivity contribution in [3.63, 3.8) is 0 Å².